The molecule has 0 saturated heterocycles. The van der Waals surface area contributed by atoms with Crippen molar-refractivity contribution in [1.29, 1.82) is 0 Å². The molecule has 0 aliphatic heterocycles. The third-order valence-corrected chi connectivity index (χ3v) is 6.90. The van der Waals surface area contributed by atoms with Crippen LogP contribution in [0.25, 0.3) is 54.6 Å². The SMILES string of the molecule is Cc1ccc(-c2cc3c4cc(Cl)ccc4c(-c4ccc(C)cc4)cc3c3ccccc23)cc1. The molecule has 0 aliphatic carbocycles. The Kier molecular flexibility index (Phi) is 4.71. The van der Waals surface area contributed by atoms with E-state index in [0.29, 0.717) is 0 Å². The van der Waals surface area contributed by atoms with Gasteiger partial charge < -0.3 is 0 Å². The highest BCUT2D eigenvalue weighted by Gasteiger charge is 2.14. The highest BCUT2D eigenvalue weighted by Crippen LogP contribution is 2.42. The number of hydrogen-bond acceptors (Lipinski definition) is 0. The molecule has 0 aromatic heterocycles. The third-order valence-electron chi connectivity index (χ3n) is 6.66. The average molecular weight is 443 g/mol. The first-order valence-corrected chi connectivity index (χ1v) is 11.7. The molecule has 0 nitrogen and oxygen atoms in total. The van der Waals surface area contributed by atoms with Gasteiger partial charge in [0.1, 0.15) is 0 Å². The van der Waals surface area contributed by atoms with E-state index in [0.717, 1.165) is 5.02 Å². The molecule has 0 heterocycles. The van der Waals surface area contributed by atoms with Gasteiger partial charge >= 0.3 is 0 Å². The summed E-state index contributed by atoms with van der Waals surface area (Å²) in [6.07, 6.45) is 0. The molecule has 0 aliphatic rings. The van der Waals surface area contributed by atoms with E-state index in [1.807, 2.05) is 6.07 Å². The highest BCUT2D eigenvalue weighted by molar-refractivity contribution is 6.32. The van der Waals surface area contributed by atoms with Crippen molar-refractivity contribution in [2.45, 2.75) is 13.8 Å². The zero-order chi connectivity index (χ0) is 22.5. The lowest BCUT2D eigenvalue weighted by atomic mass is 9.87. The minimum atomic E-state index is 0.759. The summed E-state index contributed by atoms with van der Waals surface area (Å²) >= 11 is 6.53. The van der Waals surface area contributed by atoms with Gasteiger partial charge in [-0.3, -0.25) is 0 Å². The second-order valence-electron chi connectivity index (χ2n) is 8.91. The van der Waals surface area contributed by atoms with Crippen LogP contribution in [-0.4, -0.2) is 0 Å². The summed E-state index contributed by atoms with van der Waals surface area (Å²) < 4.78 is 0. The Morgan fingerprint density at radius 1 is 0.424 bits per heavy atom. The third kappa shape index (κ3) is 3.39. The number of rotatable bonds is 2. The molecule has 0 bridgehead atoms. The Morgan fingerprint density at radius 3 is 1.45 bits per heavy atom. The van der Waals surface area contributed by atoms with Gasteiger partial charge in [0.25, 0.3) is 0 Å². The summed E-state index contributed by atoms with van der Waals surface area (Å²) in [4.78, 5) is 0. The molecule has 0 N–H and O–H groups in total. The van der Waals surface area contributed by atoms with Gasteiger partial charge in [0.05, 0.1) is 0 Å². The fraction of sp³-hybridized carbons (Fsp3) is 0.0625. The summed E-state index contributed by atoms with van der Waals surface area (Å²) in [7, 11) is 0. The Bertz CT molecular complexity index is 1660. The van der Waals surface area contributed by atoms with E-state index in [1.165, 1.54) is 65.7 Å². The molecule has 0 saturated carbocycles. The van der Waals surface area contributed by atoms with E-state index >= 15 is 0 Å². The van der Waals surface area contributed by atoms with Crippen LogP contribution in [-0.2, 0) is 0 Å². The van der Waals surface area contributed by atoms with Gasteiger partial charge in [-0.1, -0.05) is 102 Å². The Labute approximate surface area is 199 Å². The molecule has 0 radical (unpaired) electrons. The van der Waals surface area contributed by atoms with Gasteiger partial charge in [0.15, 0.2) is 0 Å². The molecule has 33 heavy (non-hydrogen) atoms. The summed E-state index contributed by atoms with van der Waals surface area (Å²) in [5.41, 5.74) is 7.48. The van der Waals surface area contributed by atoms with Crippen LogP contribution < -0.4 is 0 Å². The zero-order valence-corrected chi connectivity index (χ0v) is 19.4. The Morgan fingerprint density at radius 2 is 0.879 bits per heavy atom. The van der Waals surface area contributed by atoms with Crippen molar-refractivity contribution >= 4 is 43.9 Å². The minimum Gasteiger partial charge on any atom is -0.0843 e. The van der Waals surface area contributed by atoms with Gasteiger partial charge in [-0.05, 0) is 92.7 Å². The smallest absolute Gasteiger partial charge is 0.0412 e. The van der Waals surface area contributed by atoms with Gasteiger partial charge in [-0.2, -0.15) is 0 Å². The molecule has 0 unspecified atom stereocenters. The summed E-state index contributed by atoms with van der Waals surface area (Å²) in [6.45, 7) is 4.26. The van der Waals surface area contributed by atoms with Crippen LogP contribution in [0.3, 0.4) is 0 Å². The molecule has 1 heteroatoms. The summed E-state index contributed by atoms with van der Waals surface area (Å²) in [5, 5.41) is 8.20. The lowest BCUT2D eigenvalue weighted by Gasteiger charge is -2.16. The minimum absolute atomic E-state index is 0.759. The largest absolute Gasteiger partial charge is 0.0843 e. The van der Waals surface area contributed by atoms with Crippen molar-refractivity contribution in [3.63, 3.8) is 0 Å². The maximum absolute atomic E-state index is 6.53. The Balaban J connectivity index is 1.78. The Hall–Kier alpha value is -3.61. The number of fused-ring (bicyclic) bond motifs is 5. The first-order chi connectivity index (χ1) is 16.1. The van der Waals surface area contributed by atoms with Gasteiger partial charge in [-0.25, -0.2) is 0 Å². The molecular weight excluding hydrogens is 420 g/mol. The maximum atomic E-state index is 6.53. The molecule has 6 rings (SSSR count). The topological polar surface area (TPSA) is 0 Å². The summed E-state index contributed by atoms with van der Waals surface area (Å²) in [5.74, 6) is 0. The quantitative estimate of drug-likeness (QED) is 0.234. The molecule has 158 valence electrons. The molecule has 0 spiro atoms. The van der Waals surface area contributed by atoms with Gasteiger partial charge in [0, 0.05) is 5.02 Å². The molecule has 6 aromatic rings. The van der Waals surface area contributed by atoms with Crippen LogP contribution in [0.2, 0.25) is 5.02 Å². The van der Waals surface area contributed by atoms with Crippen molar-refractivity contribution in [3.8, 4) is 22.3 Å². The van der Waals surface area contributed by atoms with Crippen molar-refractivity contribution in [2.24, 2.45) is 0 Å². The normalized spacial score (nSPS) is 11.5. The zero-order valence-electron chi connectivity index (χ0n) is 18.7. The van der Waals surface area contributed by atoms with E-state index in [9.17, 15) is 0 Å². The predicted molar refractivity (Wildman–Crippen MR) is 144 cm³/mol. The molecule has 0 fully saturated rings. The van der Waals surface area contributed by atoms with E-state index < -0.39 is 0 Å². The molecule has 0 amide bonds. The van der Waals surface area contributed by atoms with E-state index in [1.54, 1.807) is 0 Å². The first kappa shape index (κ1) is 20.0. The fourth-order valence-corrected chi connectivity index (χ4v) is 5.09. The van der Waals surface area contributed by atoms with Crippen molar-refractivity contribution in [3.05, 3.63) is 119 Å². The molecule has 0 atom stereocenters. The van der Waals surface area contributed by atoms with Crippen molar-refractivity contribution < 1.29 is 0 Å². The highest BCUT2D eigenvalue weighted by atomic mass is 35.5. The number of aryl methyl sites for hydroxylation is 2. The van der Waals surface area contributed by atoms with Crippen molar-refractivity contribution in [2.75, 3.05) is 0 Å². The van der Waals surface area contributed by atoms with Gasteiger partial charge in [0.2, 0.25) is 0 Å². The van der Waals surface area contributed by atoms with Crippen LogP contribution in [0.1, 0.15) is 11.1 Å². The van der Waals surface area contributed by atoms with E-state index in [2.05, 4.69) is 111 Å². The monoisotopic (exact) mass is 442 g/mol. The molecule has 6 aromatic carbocycles. The molecular formula is C32H23Cl. The van der Waals surface area contributed by atoms with Crippen molar-refractivity contribution in [1.82, 2.24) is 0 Å². The number of benzene rings is 6. The first-order valence-electron chi connectivity index (χ1n) is 11.3. The lowest BCUT2D eigenvalue weighted by Crippen LogP contribution is -1.89. The van der Waals surface area contributed by atoms with E-state index in [-0.39, 0.29) is 0 Å². The maximum Gasteiger partial charge on any atom is 0.0412 e. The summed E-state index contributed by atoms with van der Waals surface area (Å²) in [6, 6.07) is 37.3. The second kappa shape index (κ2) is 7.76. The van der Waals surface area contributed by atoms with Crippen LogP contribution in [0.5, 0.6) is 0 Å². The van der Waals surface area contributed by atoms with Gasteiger partial charge in [-0.15, -0.1) is 0 Å². The van der Waals surface area contributed by atoms with Crippen LogP contribution >= 0.6 is 11.6 Å². The van der Waals surface area contributed by atoms with Crippen LogP contribution in [0.4, 0.5) is 0 Å². The number of halogens is 1. The average Bonchev–Trinajstić information content (AvgIpc) is 2.84. The lowest BCUT2D eigenvalue weighted by molar-refractivity contribution is 1.47. The van der Waals surface area contributed by atoms with E-state index in [4.69, 9.17) is 11.6 Å². The second-order valence-corrected chi connectivity index (χ2v) is 9.35. The predicted octanol–water partition coefficient (Wildman–Crippen LogP) is 9.75. The van der Waals surface area contributed by atoms with Crippen LogP contribution in [0, 0.1) is 13.8 Å². The fourth-order valence-electron chi connectivity index (χ4n) is 4.92. The van der Waals surface area contributed by atoms with Crippen LogP contribution in [0.15, 0.2) is 103 Å². The standard InChI is InChI=1S/C32H23Cl/c1-20-7-11-22(12-8-20)28-19-32-30-17-24(33)15-16-27(30)29(23-13-9-21(2)10-14-23)18-31(32)26-6-4-3-5-25(26)28/h3-19H,1-2H3. The number of hydrogen-bond donors (Lipinski definition) is 0.